The minimum Gasteiger partial charge on any atom is -0.391 e. The van der Waals surface area contributed by atoms with E-state index in [0.717, 1.165) is 19.6 Å². The van der Waals surface area contributed by atoms with Crippen LogP contribution in [0.1, 0.15) is 19.8 Å². The Morgan fingerprint density at radius 3 is 2.80 bits per heavy atom. The molecule has 1 heterocycles. The first kappa shape index (κ1) is 13.4. The Hall–Kier alpha value is 0.360. The lowest BCUT2D eigenvalue weighted by Gasteiger charge is -2.31. The molecular formula is C11H23BrN2O. The van der Waals surface area contributed by atoms with E-state index in [0.29, 0.717) is 11.4 Å². The van der Waals surface area contributed by atoms with Crippen LogP contribution in [0.4, 0.5) is 0 Å². The van der Waals surface area contributed by atoms with E-state index in [1.165, 1.54) is 19.4 Å². The summed E-state index contributed by atoms with van der Waals surface area (Å²) in [4.78, 5) is 4.84. The highest BCUT2D eigenvalue weighted by Crippen LogP contribution is 2.12. The Morgan fingerprint density at radius 2 is 2.20 bits per heavy atom. The number of hydrogen-bond acceptors (Lipinski definition) is 3. The molecule has 90 valence electrons. The van der Waals surface area contributed by atoms with Crippen molar-refractivity contribution in [3.05, 3.63) is 0 Å². The SMILES string of the molecule is CCC1CN(C)CCCN1CC(O)CBr. The van der Waals surface area contributed by atoms with E-state index in [1.54, 1.807) is 0 Å². The molecule has 0 aliphatic carbocycles. The second-order valence-corrected chi connectivity index (χ2v) is 5.13. The fourth-order valence-corrected chi connectivity index (χ4v) is 2.44. The van der Waals surface area contributed by atoms with Gasteiger partial charge in [0.05, 0.1) is 6.10 Å². The van der Waals surface area contributed by atoms with Crippen LogP contribution in [0.2, 0.25) is 0 Å². The number of nitrogens with zero attached hydrogens (tertiary/aromatic N) is 2. The van der Waals surface area contributed by atoms with Gasteiger partial charge in [-0.1, -0.05) is 22.9 Å². The van der Waals surface area contributed by atoms with Gasteiger partial charge in [-0.2, -0.15) is 0 Å². The Morgan fingerprint density at radius 1 is 1.47 bits per heavy atom. The molecule has 1 fully saturated rings. The van der Waals surface area contributed by atoms with Gasteiger partial charge in [0.1, 0.15) is 0 Å². The van der Waals surface area contributed by atoms with Crippen molar-refractivity contribution < 1.29 is 5.11 Å². The van der Waals surface area contributed by atoms with Gasteiger partial charge in [-0.15, -0.1) is 0 Å². The van der Waals surface area contributed by atoms with Gasteiger partial charge >= 0.3 is 0 Å². The Bertz CT molecular complexity index is 180. The van der Waals surface area contributed by atoms with E-state index in [1.807, 2.05) is 0 Å². The van der Waals surface area contributed by atoms with E-state index in [-0.39, 0.29) is 6.10 Å². The van der Waals surface area contributed by atoms with Gasteiger partial charge in [-0.25, -0.2) is 0 Å². The van der Waals surface area contributed by atoms with E-state index in [2.05, 4.69) is 39.7 Å². The third-order valence-corrected chi connectivity index (χ3v) is 3.87. The molecule has 0 spiro atoms. The van der Waals surface area contributed by atoms with Gasteiger partial charge in [0, 0.05) is 24.5 Å². The summed E-state index contributed by atoms with van der Waals surface area (Å²) in [7, 11) is 2.19. The lowest BCUT2D eigenvalue weighted by atomic mass is 10.1. The number of likely N-dealkylation sites (N-methyl/N-ethyl adjacent to an activating group) is 1. The third-order valence-electron chi connectivity index (χ3n) is 3.12. The summed E-state index contributed by atoms with van der Waals surface area (Å²) in [5.41, 5.74) is 0. The lowest BCUT2D eigenvalue weighted by Crippen LogP contribution is -2.43. The van der Waals surface area contributed by atoms with Crippen molar-refractivity contribution in [2.75, 3.05) is 38.6 Å². The fraction of sp³-hybridized carbons (Fsp3) is 1.00. The Balaban J connectivity index is 2.51. The zero-order valence-electron chi connectivity index (χ0n) is 9.82. The summed E-state index contributed by atoms with van der Waals surface area (Å²) >= 11 is 3.33. The first-order valence-corrected chi connectivity index (χ1v) is 6.96. The van der Waals surface area contributed by atoms with Crippen LogP contribution >= 0.6 is 15.9 Å². The molecule has 1 saturated heterocycles. The first-order valence-electron chi connectivity index (χ1n) is 5.84. The minimum atomic E-state index is -0.234. The van der Waals surface area contributed by atoms with Gasteiger partial charge in [0.25, 0.3) is 0 Å². The monoisotopic (exact) mass is 278 g/mol. The quantitative estimate of drug-likeness (QED) is 0.782. The van der Waals surface area contributed by atoms with Gasteiger partial charge in [-0.3, -0.25) is 4.90 Å². The average Bonchev–Trinajstić information content (AvgIpc) is 2.40. The molecule has 15 heavy (non-hydrogen) atoms. The van der Waals surface area contributed by atoms with Crippen molar-refractivity contribution in [1.29, 1.82) is 0 Å². The van der Waals surface area contributed by atoms with Crippen LogP contribution < -0.4 is 0 Å². The third kappa shape index (κ3) is 4.39. The first-order chi connectivity index (χ1) is 7.17. The molecule has 0 saturated carbocycles. The molecule has 1 rings (SSSR count). The van der Waals surface area contributed by atoms with E-state index >= 15 is 0 Å². The van der Waals surface area contributed by atoms with Crippen LogP contribution in [0, 0.1) is 0 Å². The van der Waals surface area contributed by atoms with Crippen molar-refractivity contribution >= 4 is 15.9 Å². The molecule has 1 N–H and O–H groups in total. The van der Waals surface area contributed by atoms with Gasteiger partial charge in [0.15, 0.2) is 0 Å². The van der Waals surface area contributed by atoms with Crippen molar-refractivity contribution in [1.82, 2.24) is 9.80 Å². The van der Waals surface area contributed by atoms with Crippen LogP contribution in [-0.2, 0) is 0 Å². The zero-order chi connectivity index (χ0) is 11.3. The topological polar surface area (TPSA) is 26.7 Å². The highest BCUT2D eigenvalue weighted by atomic mass is 79.9. The number of β-amino-alcohol motifs (C(OH)–C–C–N with tert-alkyl or cyclic N) is 1. The largest absolute Gasteiger partial charge is 0.391 e. The molecule has 0 amide bonds. The maximum absolute atomic E-state index is 9.68. The van der Waals surface area contributed by atoms with Crippen molar-refractivity contribution in [3.8, 4) is 0 Å². The fourth-order valence-electron chi connectivity index (χ4n) is 2.24. The molecule has 0 aromatic heterocycles. The molecular weight excluding hydrogens is 256 g/mol. The summed E-state index contributed by atoms with van der Waals surface area (Å²) in [6.45, 7) is 6.46. The number of halogens is 1. The number of rotatable bonds is 4. The van der Waals surface area contributed by atoms with Gasteiger partial charge in [0.2, 0.25) is 0 Å². The number of aliphatic hydroxyl groups excluding tert-OH is 1. The minimum absolute atomic E-state index is 0.234. The summed E-state index contributed by atoms with van der Waals surface area (Å²) in [5, 5.41) is 10.4. The maximum atomic E-state index is 9.68. The predicted molar refractivity (Wildman–Crippen MR) is 67.6 cm³/mol. The van der Waals surface area contributed by atoms with Crippen LogP contribution in [0.15, 0.2) is 0 Å². The van der Waals surface area contributed by atoms with E-state index in [9.17, 15) is 5.11 Å². The highest BCUT2D eigenvalue weighted by molar-refractivity contribution is 9.09. The molecule has 4 heteroatoms. The summed E-state index contributed by atoms with van der Waals surface area (Å²) < 4.78 is 0. The second kappa shape index (κ2) is 6.84. The van der Waals surface area contributed by atoms with Crippen molar-refractivity contribution in [2.24, 2.45) is 0 Å². The Labute approximate surface area is 102 Å². The van der Waals surface area contributed by atoms with Crippen LogP contribution in [0.3, 0.4) is 0 Å². The summed E-state index contributed by atoms with van der Waals surface area (Å²) in [5.74, 6) is 0. The number of aliphatic hydroxyl groups is 1. The van der Waals surface area contributed by atoms with E-state index in [4.69, 9.17) is 0 Å². The molecule has 3 nitrogen and oxygen atoms in total. The maximum Gasteiger partial charge on any atom is 0.0763 e. The number of hydrogen-bond donors (Lipinski definition) is 1. The standard InChI is InChI=1S/C11H23BrN2O/c1-3-10-8-13(2)5-4-6-14(10)9-11(15)7-12/h10-11,15H,3-9H2,1-2H3. The Kier molecular flexibility index (Phi) is 6.12. The second-order valence-electron chi connectivity index (χ2n) is 4.48. The van der Waals surface area contributed by atoms with Crippen LogP contribution in [-0.4, -0.2) is 65.6 Å². The molecule has 1 aliphatic rings. The zero-order valence-corrected chi connectivity index (χ0v) is 11.4. The highest BCUT2D eigenvalue weighted by Gasteiger charge is 2.23. The lowest BCUT2D eigenvalue weighted by molar-refractivity contribution is 0.0994. The molecule has 0 aromatic carbocycles. The van der Waals surface area contributed by atoms with Gasteiger partial charge in [-0.05, 0) is 33.0 Å². The van der Waals surface area contributed by atoms with Crippen LogP contribution in [0.5, 0.6) is 0 Å². The molecule has 0 aromatic rings. The van der Waals surface area contributed by atoms with E-state index < -0.39 is 0 Å². The summed E-state index contributed by atoms with van der Waals surface area (Å²) in [6.07, 6.45) is 2.14. The molecule has 2 unspecified atom stereocenters. The molecule has 0 radical (unpaired) electrons. The molecule has 2 atom stereocenters. The smallest absolute Gasteiger partial charge is 0.0763 e. The normalized spacial score (nSPS) is 27.6. The van der Waals surface area contributed by atoms with Crippen molar-refractivity contribution in [2.45, 2.75) is 31.9 Å². The van der Waals surface area contributed by atoms with Crippen molar-refractivity contribution in [3.63, 3.8) is 0 Å². The predicted octanol–water partition coefficient (Wildman–Crippen LogP) is 1.16. The van der Waals surface area contributed by atoms with Crippen LogP contribution in [0.25, 0.3) is 0 Å². The number of alkyl halides is 1. The molecule has 1 aliphatic heterocycles. The molecule has 0 bridgehead atoms. The van der Waals surface area contributed by atoms with Gasteiger partial charge < -0.3 is 10.0 Å². The average molecular weight is 279 g/mol. The summed E-state index contributed by atoms with van der Waals surface area (Å²) in [6, 6.07) is 0.603.